The number of sulfonamides is 1. The molecule has 1 unspecified atom stereocenters. The van der Waals surface area contributed by atoms with Crippen LogP contribution in [0.25, 0.3) is 0 Å². The number of nitrogens with zero attached hydrogens (tertiary/aromatic N) is 1. The summed E-state index contributed by atoms with van der Waals surface area (Å²) in [5.41, 5.74) is 1.29. The molecule has 0 saturated heterocycles. The van der Waals surface area contributed by atoms with E-state index in [0.717, 1.165) is 0 Å². The van der Waals surface area contributed by atoms with Crippen LogP contribution in [0.5, 0.6) is 0 Å². The highest BCUT2D eigenvalue weighted by Crippen LogP contribution is 2.29. The molecule has 1 amide bonds. The number of rotatable bonds is 5. The summed E-state index contributed by atoms with van der Waals surface area (Å²) in [5, 5.41) is 8.93. The number of likely N-dealkylation sites (N-methyl/N-ethyl adjacent to an activating group) is 1. The number of carbonyl (C=O) groups is 2. The smallest absolute Gasteiger partial charge is 0.321 e. The summed E-state index contributed by atoms with van der Waals surface area (Å²) in [7, 11) is -2.31. The molecule has 0 aliphatic carbocycles. The van der Waals surface area contributed by atoms with Crippen molar-refractivity contribution in [3.63, 3.8) is 0 Å². The number of carboxylic acids is 1. The highest BCUT2D eigenvalue weighted by molar-refractivity contribution is 7.89. The second-order valence-electron chi connectivity index (χ2n) is 4.84. The van der Waals surface area contributed by atoms with E-state index in [1.54, 1.807) is 20.0 Å². The summed E-state index contributed by atoms with van der Waals surface area (Å²) >= 11 is 0. The minimum absolute atomic E-state index is 0.0379. The van der Waals surface area contributed by atoms with E-state index in [9.17, 15) is 18.0 Å². The molecule has 1 aliphatic heterocycles. The first-order valence-corrected chi connectivity index (χ1v) is 7.89. The number of amides is 1. The standard InChI is InChI=1S/C13H16N2O5S/c1-3-10(13(17)18)14-21(19,20)9-4-5-11-8(6-9)7-12(16)15(11)2/h4-6,10,14H,3,7H2,1-2H3,(H,17,18). The van der Waals surface area contributed by atoms with Crippen molar-refractivity contribution in [3.05, 3.63) is 23.8 Å². The van der Waals surface area contributed by atoms with Crippen molar-refractivity contribution in [3.8, 4) is 0 Å². The van der Waals surface area contributed by atoms with Gasteiger partial charge in [0.05, 0.1) is 11.3 Å². The maximum atomic E-state index is 12.2. The third-order valence-electron chi connectivity index (χ3n) is 3.44. The normalized spacial score (nSPS) is 15.9. The van der Waals surface area contributed by atoms with Crippen LogP contribution < -0.4 is 9.62 Å². The molecular formula is C13H16N2O5S. The van der Waals surface area contributed by atoms with Crippen LogP contribution in [0.2, 0.25) is 0 Å². The number of nitrogens with one attached hydrogen (secondary N) is 1. The van der Waals surface area contributed by atoms with Gasteiger partial charge in [0.25, 0.3) is 0 Å². The molecule has 0 aromatic heterocycles. The van der Waals surface area contributed by atoms with Crippen LogP contribution in [0, 0.1) is 0 Å². The van der Waals surface area contributed by atoms with Crippen LogP contribution in [0.1, 0.15) is 18.9 Å². The zero-order chi connectivity index (χ0) is 15.8. The molecule has 0 spiro atoms. The lowest BCUT2D eigenvalue weighted by Crippen LogP contribution is -2.40. The molecule has 0 radical (unpaired) electrons. The van der Waals surface area contributed by atoms with Crippen molar-refractivity contribution < 1.29 is 23.1 Å². The molecule has 1 heterocycles. The molecule has 21 heavy (non-hydrogen) atoms. The number of anilines is 1. The number of aliphatic carboxylic acids is 1. The average Bonchev–Trinajstić information content (AvgIpc) is 2.70. The van der Waals surface area contributed by atoms with Crippen LogP contribution in [0.3, 0.4) is 0 Å². The molecule has 2 N–H and O–H groups in total. The Balaban J connectivity index is 2.33. The lowest BCUT2D eigenvalue weighted by molar-refractivity contribution is -0.139. The maximum absolute atomic E-state index is 12.2. The van der Waals surface area contributed by atoms with Crippen molar-refractivity contribution in [2.24, 2.45) is 0 Å². The van der Waals surface area contributed by atoms with E-state index < -0.39 is 22.0 Å². The highest BCUT2D eigenvalue weighted by atomic mass is 32.2. The van der Waals surface area contributed by atoms with Crippen LogP contribution in [0.15, 0.2) is 23.1 Å². The number of carbonyl (C=O) groups excluding carboxylic acids is 1. The summed E-state index contributed by atoms with van der Waals surface area (Å²) in [4.78, 5) is 23.9. The van der Waals surface area contributed by atoms with Crippen molar-refractivity contribution in [2.45, 2.75) is 30.7 Å². The summed E-state index contributed by atoms with van der Waals surface area (Å²) < 4.78 is 26.5. The molecule has 1 aromatic carbocycles. The van der Waals surface area contributed by atoms with Crippen LogP contribution in [0.4, 0.5) is 5.69 Å². The Bertz CT molecular complexity index is 699. The number of hydrogen-bond acceptors (Lipinski definition) is 4. The number of fused-ring (bicyclic) bond motifs is 1. The Morgan fingerprint density at radius 1 is 1.48 bits per heavy atom. The fraction of sp³-hybridized carbons (Fsp3) is 0.385. The van der Waals surface area contributed by atoms with Crippen molar-refractivity contribution in [1.29, 1.82) is 0 Å². The van der Waals surface area contributed by atoms with E-state index in [2.05, 4.69) is 4.72 Å². The molecule has 1 aliphatic rings. The van der Waals surface area contributed by atoms with Gasteiger partial charge in [0.2, 0.25) is 15.9 Å². The van der Waals surface area contributed by atoms with Crippen LogP contribution in [-0.4, -0.2) is 38.5 Å². The Morgan fingerprint density at radius 3 is 2.71 bits per heavy atom. The lowest BCUT2D eigenvalue weighted by atomic mass is 10.2. The topological polar surface area (TPSA) is 104 Å². The van der Waals surface area contributed by atoms with E-state index in [0.29, 0.717) is 11.3 Å². The van der Waals surface area contributed by atoms with Gasteiger partial charge in [-0.1, -0.05) is 6.92 Å². The largest absolute Gasteiger partial charge is 0.480 e. The highest BCUT2D eigenvalue weighted by Gasteiger charge is 2.28. The van der Waals surface area contributed by atoms with Gasteiger partial charge in [-0.2, -0.15) is 4.72 Å². The van der Waals surface area contributed by atoms with Crippen molar-refractivity contribution >= 4 is 27.6 Å². The second-order valence-corrected chi connectivity index (χ2v) is 6.55. The first-order chi connectivity index (χ1) is 9.76. The fourth-order valence-electron chi connectivity index (χ4n) is 2.18. The minimum Gasteiger partial charge on any atom is -0.480 e. The van der Waals surface area contributed by atoms with Gasteiger partial charge in [0.15, 0.2) is 0 Å². The first-order valence-electron chi connectivity index (χ1n) is 6.41. The molecule has 1 aromatic rings. The van der Waals surface area contributed by atoms with Gasteiger partial charge in [-0.05, 0) is 30.2 Å². The van der Waals surface area contributed by atoms with Crippen LogP contribution in [-0.2, 0) is 26.0 Å². The number of benzene rings is 1. The molecule has 0 bridgehead atoms. The lowest BCUT2D eigenvalue weighted by Gasteiger charge is -2.14. The zero-order valence-corrected chi connectivity index (χ0v) is 12.5. The zero-order valence-electron chi connectivity index (χ0n) is 11.7. The van der Waals surface area contributed by atoms with Gasteiger partial charge in [-0.3, -0.25) is 9.59 Å². The Labute approximate surface area is 122 Å². The summed E-state index contributed by atoms with van der Waals surface area (Å²) in [6, 6.07) is 3.15. The minimum atomic E-state index is -3.93. The van der Waals surface area contributed by atoms with Gasteiger partial charge in [0, 0.05) is 12.7 Å². The van der Waals surface area contributed by atoms with Gasteiger partial charge < -0.3 is 10.0 Å². The van der Waals surface area contributed by atoms with Crippen molar-refractivity contribution in [1.82, 2.24) is 4.72 Å². The summed E-state index contributed by atoms with van der Waals surface area (Å²) in [6.45, 7) is 1.58. The molecule has 114 valence electrons. The Kier molecular flexibility index (Phi) is 4.02. The molecule has 0 saturated carbocycles. The van der Waals surface area contributed by atoms with Crippen LogP contribution >= 0.6 is 0 Å². The molecular weight excluding hydrogens is 296 g/mol. The van der Waals surface area contributed by atoms with E-state index in [4.69, 9.17) is 5.11 Å². The number of carboxylic acid groups (broad SMARTS) is 1. The molecule has 1 atom stereocenters. The molecule has 2 rings (SSSR count). The van der Waals surface area contributed by atoms with Gasteiger partial charge in [-0.25, -0.2) is 8.42 Å². The fourth-order valence-corrected chi connectivity index (χ4v) is 3.50. The number of hydrogen-bond donors (Lipinski definition) is 2. The average molecular weight is 312 g/mol. The molecule has 8 heteroatoms. The third kappa shape index (κ3) is 2.91. The summed E-state index contributed by atoms with van der Waals surface area (Å²) in [5.74, 6) is -1.33. The SMILES string of the molecule is CCC(NS(=O)(=O)c1ccc2c(c1)CC(=O)N2C)C(=O)O. The monoisotopic (exact) mass is 312 g/mol. The Hall–Kier alpha value is -1.93. The van der Waals surface area contributed by atoms with Gasteiger partial charge >= 0.3 is 5.97 Å². The predicted molar refractivity (Wildman–Crippen MR) is 75.6 cm³/mol. The second kappa shape index (κ2) is 5.45. The first kappa shape index (κ1) is 15.5. The van der Waals surface area contributed by atoms with Gasteiger partial charge in [-0.15, -0.1) is 0 Å². The van der Waals surface area contributed by atoms with E-state index in [1.807, 2.05) is 0 Å². The maximum Gasteiger partial charge on any atom is 0.321 e. The van der Waals surface area contributed by atoms with E-state index >= 15 is 0 Å². The summed E-state index contributed by atoms with van der Waals surface area (Å²) in [6.07, 6.45) is 0.284. The molecule has 7 nitrogen and oxygen atoms in total. The van der Waals surface area contributed by atoms with Gasteiger partial charge in [0.1, 0.15) is 6.04 Å². The third-order valence-corrected chi connectivity index (χ3v) is 4.91. The Morgan fingerprint density at radius 2 is 2.14 bits per heavy atom. The van der Waals surface area contributed by atoms with E-state index in [1.165, 1.54) is 17.0 Å². The van der Waals surface area contributed by atoms with E-state index in [-0.39, 0.29) is 23.6 Å². The molecule has 0 fully saturated rings. The quantitative estimate of drug-likeness (QED) is 0.816. The van der Waals surface area contributed by atoms with Crippen molar-refractivity contribution in [2.75, 3.05) is 11.9 Å². The predicted octanol–water partition coefficient (Wildman–Crippen LogP) is 0.347.